The van der Waals surface area contributed by atoms with E-state index in [0.29, 0.717) is 34.6 Å². The number of benzene rings is 2. The van der Waals surface area contributed by atoms with Gasteiger partial charge in [-0.2, -0.15) is 0 Å². The summed E-state index contributed by atoms with van der Waals surface area (Å²) in [4.78, 5) is 12.8. The number of rotatable bonds is 8. The van der Waals surface area contributed by atoms with E-state index in [0.717, 1.165) is 12.3 Å². The zero-order valence-corrected chi connectivity index (χ0v) is 19.4. The molecule has 4 atom stereocenters. The van der Waals surface area contributed by atoms with Gasteiger partial charge in [0.25, 0.3) is 5.91 Å². The summed E-state index contributed by atoms with van der Waals surface area (Å²) in [5.74, 6) is 2.49. The van der Waals surface area contributed by atoms with Crippen LogP contribution in [0.15, 0.2) is 47.4 Å². The van der Waals surface area contributed by atoms with Crippen LogP contribution in [0.1, 0.15) is 43.0 Å². The van der Waals surface area contributed by atoms with Crippen LogP contribution in [0, 0.1) is 17.8 Å². The molecule has 2 aromatic carbocycles. The van der Waals surface area contributed by atoms with E-state index in [1.54, 1.807) is 30.3 Å². The molecule has 32 heavy (non-hydrogen) atoms. The van der Waals surface area contributed by atoms with E-state index in [9.17, 15) is 13.2 Å². The van der Waals surface area contributed by atoms with Crippen molar-refractivity contribution in [1.29, 1.82) is 0 Å². The first kappa shape index (κ1) is 22.6. The lowest BCUT2D eigenvalue weighted by atomic mass is 9.84. The summed E-state index contributed by atoms with van der Waals surface area (Å²) in [6.45, 7) is 1.97. The van der Waals surface area contributed by atoms with E-state index in [-0.39, 0.29) is 16.8 Å². The zero-order valence-electron chi connectivity index (χ0n) is 18.6. The van der Waals surface area contributed by atoms with E-state index < -0.39 is 10.0 Å². The molecule has 2 bridgehead atoms. The highest BCUT2D eigenvalue weighted by molar-refractivity contribution is 7.89. The van der Waals surface area contributed by atoms with Crippen molar-refractivity contribution in [3.05, 3.63) is 48.0 Å². The minimum absolute atomic E-state index is 0.0836. The fourth-order valence-corrected chi connectivity index (χ4v) is 6.50. The summed E-state index contributed by atoms with van der Waals surface area (Å²) in [5, 5.41) is 2.78. The van der Waals surface area contributed by atoms with Crippen LogP contribution in [0.2, 0.25) is 0 Å². The molecule has 2 aliphatic carbocycles. The van der Waals surface area contributed by atoms with Crippen molar-refractivity contribution in [2.75, 3.05) is 19.5 Å². The summed E-state index contributed by atoms with van der Waals surface area (Å²) >= 11 is 0. The molecule has 2 aliphatic rings. The molecule has 0 saturated heterocycles. The summed E-state index contributed by atoms with van der Waals surface area (Å²) in [6.07, 6.45) is 4.87. The van der Waals surface area contributed by atoms with Crippen LogP contribution in [0.5, 0.6) is 11.5 Å². The van der Waals surface area contributed by atoms with Crippen LogP contribution in [-0.2, 0) is 10.0 Å². The molecule has 0 unspecified atom stereocenters. The lowest BCUT2D eigenvalue weighted by Crippen LogP contribution is -2.40. The third-order valence-corrected chi connectivity index (χ3v) is 8.42. The Morgan fingerprint density at radius 1 is 1.00 bits per heavy atom. The molecule has 8 heteroatoms. The fourth-order valence-electron chi connectivity index (χ4n) is 5.20. The van der Waals surface area contributed by atoms with Crippen molar-refractivity contribution < 1.29 is 22.7 Å². The molecule has 2 fully saturated rings. The quantitative estimate of drug-likeness (QED) is 0.622. The molecule has 2 aromatic rings. The van der Waals surface area contributed by atoms with Crippen molar-refractivity contribution in [3.63, 3.8) is 0 Å². The Labute approximate surface area is 189 Å². The summed E-state index contributed by atoms with van der Waals surface area (Å²) < 4.78 is 39.0. The number of hydrogen-bond acceptors (Lipinski definition) is 5. The second kappa shape index (κ2) is 9.11. The topological polar surface area (TPSA) is 93.7 Å². The van der Waals surface area contributed by atoms with Gasteiger partial charge < -0.3 is 14.8 Å². The molecule has 0 aliphatic heterocycles. The first-order valence-electron chi connectivity index (χ1n) is 11.0. The predicted molar refractivity (Wildman–Crippen MR) is 123 cm³/mol. The van der Waals surface area contributed by atoms with Crippen LogP contribution >= 0.6 is 0 Å². The zero-order chi connectivity index (χ0) is 22.9. The van der Waals surface area contributed by atoms with Gasteiger partial charge in [0.2, 0.25) is 10.0 Å². The first-order valence-corrected chi connectivity index (χ1v) is 12.4. The van der Waals surface area contributed by atoms with Gasteiger partial charge in [-0.1, -0.05) is 6.42 Å². The number of methoxy groups -OCH3 is 2. The Morgan fingerprint density at radius 3 is 2.31 bits per heavy atom. The first-order chi connectivity index (χ1) is 15.3. The number of amides is 1. The molecular weight excluding hydrogens is 428 g/mol. The standard InChI is InChI=1S/C24H30N2O5S/c1-15(21-13-16-4-5-17(21)12-16)26-32(28,29)20-9-7-19(8-10-20)25-24(27)18-6-11-22(30-2)23(14-18)31-3/h6-11,14-17,21,26H,4-5,12-13H2,1-3H3,(H,25,27)/t15-,16-,17-,21-/m0/s1. The Balaban J connectivity index is 1.40. The van der Waals surface area contributed by atoms with Gasteiger partial charge in [-0.05, 0) is 86.4 Å². The van der Waals surface area contributed by atoms with Crippen LogP contribution in [0.25, 0.3) is 0 Å². The lowest BCUT2D eigenvalue weighted by Gasteiger charge is -2.28. The number of hydrogen-bond donors (Lipinski definition) is 2. The normalized spacial score (nSPS) is 23.0. The van der Waals surface area contributed by atoms with Crippen LogP contribution in [0.3, 0.4) is 0 Å². The molecule has 0 heterocycles. The van der Waals surface area contributed by atoms with Crippen LogP contribution < -0.4 is 19.5 Å². The van der Waals surface area contributed by atoms with Gasteiger partial charge in [-0.15, -0.1) is 0 Å². The third kappa shape index (κ3) is 4.61. The van der Waals surface area contributed by atoms with Crippen molar-refractivity contribution in [2.45, 2.75) is 43.5 Å². The Bertz CT molecular complexity index is 1080. The Kier molecular flexibility index (Phi) is 6.44. The maximum absolute atomic E-state index is 12.9. The largest absolute Gasteiger partial charge is 0.493 e. The smallest absolute Gasteiger partial charge is 0.255 e. The molecule has 1 amide bonds. The average Bonchev–Trinajstić information content (AvgIpc) is 3.42. The van der Waals surface area contributed by atoms with Gasteiger partial charge >= 0.3 is 0 Å². The van der Waals surface area contributed by atoms with Crippen molar-refractivity contribution in [3.8, 4) is 11.5 Å². The third-order valence-electron chi connectivity index (χ3n) is 6.84. The van der Waals surface area contributed by atoms with Crippen LogP contribution in [-0.4, -0.2) is 34.6 Å². The molecule has 0 spiro atoms. The van der Waals surface area contributed by atoms with Gasteiger partial charge in [0, 0.05) is 17.3 Å². The van der Waals surface area contributed by atoms with E-state index in [1.165, 1.54) is 45.6 Å². The number of sulfonamides is 1. The number of nitrogens with one attached hydrogen (secondary N) is 2. The van der Waals surface area contributed by atoms with Gasteiger partial charge in [0.1, 0.15) is 0 Å². The van der Waals surface area contributed by atoms with Crippen LogP contribution in [0.4, 0.5) is 5.69 Å². The summed E-state index contributed by atoms with van der Waals surface area (Å²) in [5.41, 5.74) is 0.908. The monoisotopic (exact) mass is 458 g/mol. The van der Waals surface area contributed by atoms with Gasteiger partial charge in [-0.25, -0.2) is 13.1 Å². The maximum Gasteiger partial charge on any atom is 0.255 e. The highest BCUT2D eigenvalue weighted by Crippen LogP contribution is 2.49. The number of fused-ring (bicyclic) bond motifs is 2. The Hall–Kier alpha value is -2.58. The maximum atomic E-state index is 12.9. The number of carbonyl (C=O) groups is 1. The van der Waals surface area contributed by atoms with E-state index >= 15 is 0 Å². The average molecular weight is 459 g/mol. The minimum atomic E-state index is -3.62. The molecule has 0 radical (unpaired) electrons. The minimum Gasteiger partial charge on any atom is -0.493 e. The fraction of sp³-hybridized carbons (Fsp3) is 0.458. The van der Waals surface area contributed by atoms with E-state index in [1.807, 2.05) is 6.92 Å². The Morgan fingerprint density at radius 2 is 1.72 bits per heavy atom. The highest BCUT2D eigenvalue weighted by atomic mass is 32.2. The molecule has 2 saturated carbocycles. The number of carbonyl (C=O) groups excluding carboxylic acids is 1. The van der Waals surface area contributed by atoms with Gasteiger partial charge in [0.05, 0.1) is 19.1 Å². The lowest BCUT2D eigenvalue weighted by molar-refractivity contribution is 0.102. The van der Waals surface area contributed by atoms with Crippen molar-refractivity contribution in [1.82, 2.24) is 4.72 Å². The SMILES string of the molecule is COc1ccc(C(=O)Nc2ccc(S(=O)(=O)N[C@@H](C)[C@@H]3C[C@H]4CC[C@H]3C4)cc2)cc1OC. The van der Waals surface area contributed by atoms with E-state index in [4.69, 9.17) is 9.47 Å². The second-order valence-corrected chi connectivity index (χ2v) is 10.5. The predicted octanol–water partition coefficient (Wildman–Crippen LogP) is 4.06. The second-order valence-electron chi connectivity index (χ2n) is 8.80. The molecule has 2 N–H and O–H groups in total. The van der Waals surface area contributed by atoms with Crippen molar-refractivity contribution >= 4 is 21.6 Å². The van der Waals surface area contributed by atoms with Crippen molar-refractivity contribution in [2.24, 2.45) is 17.8 Å². The molecular formula is C24H30N2O5S. The molecule has 0 aromatic heterocycles. The summed E-state index contributed by atoms with van der Waals surface area (Å²) in [7, 11) is -0.588. The summed E-state index contributed by atoms with van der Waals surface area (Å²) in [6, 6.07) is 11.0. The van der Waals surface area contributed by atoms with Gasteiger partial charge in [0.15, 0.2) is 11.5 Å². The number of anilines is 1. The molecule has 4 rings (SSSR count). The number of ether oxygens (including phenoxy) is 2. The molecule has 7 nitrogen and oxygen atoms in total. The molecule has 172 valence electrons. The highest BCUT2D eigenvalue weighted by Gasteiger charge is 2.42. The van der Waals surface area contributed by atoms with E-state index in [2.05, 4.69) is 10.0 Å². The van der Waals surface area contributed by atoms with Gasteiger partial charge in [-0.3, -0.25) is 4.79 Å².